The first-order valence-electron chi connectivity index (χ1n) is 8.76. The van der Waals surface area contributed by atoms with Crippen molar-refractivity contribution in [3.05, 3.63) is 41.5 Å². The number of hydrogen-bond donors (Lipinski definition) is 0. The van der Waals surface area contributed by atoms with E-state index in [-0.39, 0.29) is 0 Å². The summed E-state index contributed by atoms with van der Waals surface area (Å²) in [6, 6.07) is 7.44. The number of benzene rings is 1. The van der Waals surface area contributed by atoms with Crippen molar-refractivity contribution in [3.63, 3.8) is 0 Å². The summed E-state index contributed by atoms with van der Waals surface area (Å²) in [4.78, 5) is 5.27. The Bertz CT molecular complexity index is 546. The molecule has 0 N–H and O–H groups in total. The Balaban J connectivity index is 1.32. The Labute approximate surface area is 133 Å². The average Bonchev–Trinajstić information content (AvgIpc) is 3.04. The van der Waals surface area contributed by atoms with Gasteiger partial charge in [-0.1, -0.05) is 24.3 Å². The lowest BCUT2D eigenvalue weighted by molar-refractivity contribution is 0.102. The fourth-order valence-corrected chi connectivity index (χ4v) is 3.95. The molecule has 1 saturated heterocycles. The largest absolute Gasteiger partial charge is 0.493 e. The Morgan fingerprint density at radius 1 is 1.14 bits per heavy atom. The third-order valence-electron chi connectivity index (χ3n) is 5.26. The maximum Gasteiger partial charge on any atom is 0.122 e. The predicted octanol–water partition coefficient (Wildman–Crippen LogP) is 2.85. The molecule has 0 bridgehead atoms. The molecule has 0 aromatic heterocycles. The predicted molar refractivity (Wildman–Crippen MR) is 89.3 cm³/mol. The zero-order chi connectivity index (χ0) is 14.8. The summed E-state index contributed by atoms with van der Waals surface area (Å²) in [5, 5.41) is 0. The van der Waals surface area contributed by atoms with Crippen LogP contribution in [0.15, 0.2) is 30.4 Å². The minimum atomic E-state index is 0.702. The molecule has 0 saturated carbocycles. The Morgan fingerprint density at radius 2 is 2.05 bits per heavy atom. The second-order valence-electron chi connectivity index (χ2n) is 6.78. The van der Waals surface area contributed by atoms with Crippen molar-refractivity contribution < 1.29 is 4.74 Å². The van der Waals surface area contributed by atoms with E-state index in [0.29, 0.717) is 6.04 Å². The van der Waals surface area contributed by atoms with Gasteiger partial charge >= 0.3 is 0 Å². The van der Waals surface area contributed by atoms with E-state index in [1.54, 1.807) is 0 Å². The maximum absolute atomic E-state index is 5.60. The molecule has 0 amide bonds. The lowest BCUT2D eigenvalue weighted by atomic mass is 10.0. The van der Waals surface area contributed by atoms with E-state index in [2.05, 4.69) is 40.2 Å². The van der Waals surface area contributed by atoms with Crippen molar-refractivity contribution in [1.29, 1.82) is 0 Å². The quantitative estimate of drug-likeness (QED) is 0.798. The van der Waals surface area contributed by atoms with Gasteiger partial charge in [-0.2, -0.15) is 0 Å². The molecule has 118 valence electrons. The third kappa shape index (κ3) is 3.06. The lowest BCUT2D eigenvalue weighted by Gasteiger charge is -2.39. The number of ether oxygens (including phenoxy) is 1. The summed E-state index contributed by atoms with van der Waals surface area (Å²) >= 11 is 0. The molecule has 1 unspecified atom stereocenters. The van der Waals surface area contributed by atoms with Crippen LogP contribution in [-0.4, -0.2) is 48.6 Å². The highest BCUT2D eigenvalue weighted by atomic mass is 16.5. The number of fused-ring (bicyclic) bond motifs is 1. The third-order valence-corrected chi connectivity index (χ3v) is 5.26. The summed E-state index contributed by atoms with van der Waals surface area (Å²) in [7, 11) is 0. The van der Waals surface area contributed by atoms with Crippen LogP contribution in [-0.2, 0) is 13.0 Å². The molecule has 3 aliphatic rings. The summed E-state index contributed by atoms with van der Waals surface area (Å²) in [5.74, 6) is 1.10. The van der Waals surface area contributed by atoms with E-state index in [1.807, 2.05) is 0 Å². The number of rotatable bonds is 3. The van der Waals surface area contributed by atoms with E-state index < -0.39 is 0 Å². The van der Waals surface area contributed by atoms with Crippen molar-refractivity contribution in [2.75, 3.05) is 32.8 Å². The van der Waals surface area contributed by atoms with Crippen LogP contribution >= 0.6 is 0 Å². The first kappa shape index (κ1) is 14.3. The smallest absolute Gasteiger partial charge is 0.122 e. The van der Waals surface area contributed by atoms with Gasteiger partial charge in [0.1, 0.15) is 5.75 Å². The van der Waals surface area contributed by atoms with Gasteiger partial charge in [-0.25, -0.2) is 0 Å². The number of piperazine rings is 1. The van der Waals surface area contributed by atoms with Crippen molar-refractivity contribution in [3.8, 4) is 5.75 Å². The highest BCUT2D eigenvalue weighted by Crippen LogP contribution is 2.26. The van der Waals surface area contributed by atoms with Gasteiger partial charge in [-0.3, -0.25) is 9.80 Å². The van der Waals surface area contributed by atoms with Crippen molar-refractivity contribution in [2.24, 2.45) is 0 Å². The molecule has 2 aliphatic heterocycles. The van der Waals surface area contributed by atoms with Gasteiger partial charge in [0.15, 0.2) is 0 Å². The molecule has 0 radical (unpaired) electrons. The van der Waals surface area contributed by atoms with Crippen LogP contribution in [0.4, 0.5) is 0 Å². The molecule has 2 heterocycles. The molecule has 3 nitrogen and oxygen atoms in total. The number of hydrogen-bond acceptors (Lipinski definition) is 3. The van der Waals surface area contributed by atoms with Gasteiger partial charge in [-0.15, -0.1) is 0 Å². The molecule has 1 aliphatic carbocycles. The summed E-state index contributed by atoms with van der Waals surface area (Å²) in [6.07, 6.45) is 9.86. The van der Waals surface area contributed by atoms with Crippen LogP contribution in [0.25, 0.3) is 0 Å². The lowest BCUT2D eigenvalue weighted by Crippen LogP contribution is -2.49. The van der Waals surface area contributed by atoms with E-state index in [4.69, 9.17) is 4.74 Å². The van der Waals surface area contributed by atoms with Gasteiger partial charge in [-0.05, 0) is 36.5 Å². The van der Waals surface area contributed by atoms with Crippen molar-refractivity contribution in [2.45, 2.75) is 38.3 Å². The Morgan fingerprint density at radius 3 is 2.86 bits per heavy atom. The Hall–Kier alpha value is -1.32. The van der Waals surface area contributed by atoms with Gasteiger partial charge in [0.2, 0.25) is 0 Å². The zero-order valence-corrected chi connectivity index (χ0v) is 13.3. The second-order valence-corrected chi connectivity index (χ2v) is 6.78. The van der Waals surface area contributed by atoms with Crippen molar-refractivity contribution >= 4 is 0 Å². The molecular weight excluding hydrogens is 272 g/mol. The monoisotopic (exact) mass is 298 g/mol. The average molecular weight is 298 g/mol. The van der Waals surface area contributed by atoms with E-state index in [9.17, 15) is 0 Å². The molecule has 4 rings (SSSR count). The van der Waals surface area contributed by atoms with Crippen LogP contribution < -0.4 is 4.74 Å². The molecule has 3 heteroatoms. The van der Waals surface area contributed by atoms with Crippen LogP contribution in [0.1, 0.15) is 30.4 Å². The van der Waals surface area contributed by atoms with Gasteiger partial charge in [0, 0.05) is 45.2 Å². The maximum atomic E-state index is 5.60. The summed E-state index contributed by atoms with van der Waals surface area (Å²) in [6.45, 7) is 6.75. The highest BCUT2D eigenvalue weighted by molar-refractivity contribution is 5.39. The minimum Gasteiger partial charge on any atom is -0.493 e. The topological polar surface area (TPSA) is 15.7 Å². The number of allylic oxidation sites excluding steroid dienone is 1. The van der Waals surface area contributed by atoms with E-state index in [0.717, 1.165) is 25.3 Å². The zero-order valence-electron chi connectivity index (χ0n) is 13.3. The molecular formula is C19H26N2O. The fraction of sp³-hybridized carbons (Fsp3) is 0.579. The van der Waals surface area contributed by atoms with E-state index >= 15 is 0 Å². The molecule has 0 spiro atoms. The summed E-state index contributed by atoms with van der Waals surface area (Å²) in [5.41, 5.74) is 2.83. The standard InChI is InChI=1S/C19H26N2O/c1-2-4-18(5-3-1)21-11-9-20(10-12-21)15-16-6-7-19-17(14-16)8-13-22-19/h2,4,6-7,14,18H,1,3,5,8-13,15H2. The van der Waals surface area contributed by atoms with E-state index in [1.165, 1.54) is 56.6 Å². The normalized spacial score (nSPS) is 25.9. The van der Waals surface area contributed by atoms with Crippen LogP contribution in [0, 0.1) is 0 Å². The number of nitrogens with zero attached hydrogens (tertiary/aromatic N) is 2. The molecule has 1 fully saturated rings. The summed E-state index contributed by atoms with van der Waals surface area (Å²) < 4.78 is 5.60. The molecule has 1 aromatic carbocycles. The highest BCUT2D eigenvalue weighted by Gasteiger charge is 2.23. The second kappa shape index (κ2) is 6.43. The van der Waals surface area contributed by atoms with Crippen molar-refractivity contribution in [1.82, 2.24) is 9.80 Å². The minimum absolute atomic E-state index is 0.702. The molecule has 1 aromatic rings. The first-order chi connectivity index (χ1) is 10.9. The van der Waals surface area contributed by atoms with Crippen LogP contribution in [0.3, 0.4) is 0 Å². The Kier molecular flexibility index (Phi) is 4.17. The van der Waals surface area contributed by atoms with Gasteiger partial charge < -0.3 is 4.74 Å². The SMILES string of the molecule is C1=CC(N2CCN(Cc3ccc4c(c3)CCO4)CC2)CCC1. The van der Waals surface area contributed by atoms with Crippen LogP contribution in [0.5, 0.6) is 5.75 Å². The molecule has 22 heavy (non-hydrogen) atoms. The molecule has 1 atom stereocenters. The first-order valence-corrected chi connectivity index (χ1v) is 8.76. The fourth-order valence-electron chi connectivity index (χ4n) is 3.95. The van der Waals surface area contributed by atoms with Gasteiger partial charge in [0.25, 0.3) is 0 Å². The van der Waals surface area contributed by atoms with Gasteiger partial charge in [0.05, 0.1) is 6.61 Å². The van der Waals surface area contributed by atoms with Crippen LogP contribution in [0.2, 0.25) is 0 Å².